The summed E-state index contributed by atoms with van der Waals surface area (Å²) >= 11 is 0. The molecular weight excluding hydrogens is 96.1 g/mol. The highest BCUT2D eigenvalue weighted by molar-refractivity contribution is 5.11. The molecule has 2 saturated carbocycles. The van der Waals surface area contributed by atoms with Crippen molar-refractivity contribution in [1.29, 1.82) is 0 Å². The minimum absolute atomic E-state index is 0.797. The van der Waals surface area contributed by atoms with Gasteiger partial charge in [-0.25, -0.2) is 0 Å². The molecular formula is C8H13. The van der Waals surface area contributed by atoms with E-state index in [1.807, 2.05) is 5.92 Å². The van der Waals surface area contributed by atoms with Crippen LogP contribution in [-0.2, 0) is 0 Å². The van der Waals surface area contributed by atoms with E-state index >= 15 is 0 Å². The predicted molar refractivity (Wildman–Crippen MR) is 34.4 cm³/mol. The monoisotopic (exact) mass is 109 g/mol. The second kappa shape index (κ2) is 1.29. The van der Waals surface area contributed by atoms with E-state index < -0.39 is 0 Å². The Morgan fingerprint density at radius 3 is 2.38 bits per heavy atom. The molecule has 1 radical (unpaired) electrons. The second-order valence-corrected chi connectivity index (χ2v) is 3.74. The van der Waals surface area contributed by atoms with E-state index in [4.69, 9.17) is 0 Å². The van der Waals surface area contributed by atoms with Gasteiger partial charge in [0.15, 0.2) is 0 Å². The van der Waals surface area contributed by atoms with Crippen molar-refractivity contribution in [1.82, 2.24) is 0 Å². The number of rotatable bonds is 2. The molecule has 2 fully saturated rings. The molecule has 8 heavy (non-hydrogen) atoms. The second-order valence-electron chi connectivity index (χ2n) is 3.74. The summed E-state index contributed by atoms with van der Waals surface area (Å²) < 4.78 is 0. The first kappa shape index (κ1) is 4.84. The van der Waals surface area contributed by atoms with E-state index in [-0.39, 0.29) is 0 Å². The molecule has 0 nitrogen and oxygen atoms in total. The van der Waals surface area contributed by atoms with Crippen molar-refractivity contribution in [2.75, 3.05) is 0 Å². The molecule has 0 N–H and O–H groups in total. The van der Waals surface area contributed by atoms with Gasteiger partial charge in [-0.3, -0.25) is 0 Å². The summed E-state index contributed by atoms with van der Waals surface area (Å²) in [4.78, 5) is 0. The number of hydrogen-bond acceptors (Lipinski definition) is 0. The quantitative estimate of drug-likeness (QED) is 0.511. The summed E-state index contributed by atoms with van der Waals surface area (Å²) in [5.41, 5.74) is 0.797. The summed E-state index contributed by atoms with van der Waals surface area (Å²) in [5, 5.41) is 0. The molecule has 0 aromatic carbocycles. The first-order valence-corrected chi connectivity index (χ1v) is 3.62. The van der Waals surface area contributed by atoms with E-state index in [1.54, 1.807) is 0 Å². The van der Waals surface area contributed by atoms with Crippen LogP contribution in [0, 0.1) is 11.3 Å². The molecule has 0 atom stereocenters. The van der Waals surface area contributed by atoms with Gasteiger partial charge in [-0.05, 0) is 43.4 Å². The van der Waals surface area contributed by atoms with Crippen molar-refractivity contribution in [2.24, 2.45) is 5.41 Å². The van der Waals surface area contributed by atoms with Crippen molar-refractivity contribution >= 4 is 0 Å². The first-order valence-electron chi connectivity index (χ1n) is 3.62. The standard InChI is InChI=1S/C8H13/c1-8(4-5-8)6-7-2-3-7/h2-6H2,1H3. The van der Waals surface area contributed by atoms with Crippen LogP contribution in [0.3, 0.4) is 0 Å². The number of hydrogen-bond donors (Lipinski definition) is 0. The Labute approximate surface area is 51.3 Å². The summed E-state index contributed by atoms with van der Waals surface area (Å²) in [6, 6.07) is 0. The molecule has 0 heterocycles. The molecule has 2 rings (SSSR count). The van der Waals surface area contributed by atoms with E-state index in [1.165, 1.54) is 32.1 Å². The van der Waals surface area contributed by atoms with Gasteiger partial charge in [0.05, 0.1) is 0 Å². The highest BCUT2D eigenvalue weighted by atomic mass is 14.5. The zero-order valence-electron chi connectivity index (χ0n) is 5.54. The smallest absolute Gasteiger partial charge is 0.0235 e. The van der Waals surface area contributed by atoms with Gasteiger partial charge in [0.25, 0.3) is 0 Å². The zero-order valence-corrected chi connectivity index (χ0v) is 5.54. The van der Waals surface area contributed by atoms with Crippen molar-refractivity contribution in [3.63, 3.8) is 0 Å². The average molecular weight is 109 g/mol. The van der Waals surface area contributed by atoms with Gasteiger partial charge < -0.3 is 0 Å². The summed E-state index contributed by atoms with van der Waals surface area (Å²) in [7, 11) is 0. The Morgan fingerprint density at radius 2 is 2.00 bits per heavy atom. The van der Waals surface area contributed by atoms with Crippen molar-refractivity contribution in [3.8, 4) is 0 Å². The molecule has 0 unspecified atom stereocenters. The van der Waals surface area contributed by atoms with Crippen LogP contribution >= 0.6 is 0 Å². The van der Waals surface area contributed by atoms with Crippen LogP contribution in [0.2, 0.25) is 0 Å². The van der Waals surface area contributed by atoms with Crippen LogP contribution in [0.25, 0.3) is 0 Å². The topological polar surface area (TPSA) is 0 Å². The van der Waals surface area contributed by atoms with Crippen LogP contribution in [0.15, 0.2) is 0 Å². The maximum absolute atomic E-state index is 2.42. The normalized spacial score (nSPS) is 32.6. The highest BCUT2D eigenvalue weighted by Crippen LogP contribution is 2.55. The maximum atomic E-state index is 2.42. The van der Waals surface area contributed by atoms with Gasteiger partial charge >= 0.3 is 0 Å². The highest BCUT2D eigenvalue weighted by Gasteiger charge is 2.41. The molecule has 0 amide bonds. The fraction of sp³-hybridized carbons (Fsp3) is 0.875. The molecule has 0 aromatic heterocycles. The molecule has 0 aromatic rings. The molecule has 0 aliphatic heterocycles. The Balaban J connectivity index is 1.81. The molecule has 0 bridgehead atoms. The summed E-state index contributed by atoms with van der Waals surface area (Å²) in [6.07, 6.45) is 7.37. The van der Waals surface area contributed by atoms with Gasteiger partial charge in [-0.2, -0.15) is 0 Å². The Hall–Kier alpha value is 0. The third-order valence-corrected chi connectivity index (χ3v) is 2.38. The van der Waals surface area contributed by atoms with E-state index in [0.717, 1.165) is 5.41 Å². The van der Waals surface area contributed by atoms with Crippen LogP contribution in [0.1, 0.15) is 39.0 Å². The van der Waals surface area contributed by atoms with Crippen LogP contribution in [0.5, 0.6) is 0 Å². The Kier molecular flexibility index (Phi) is 0.778. The lowest BCUT2D eigenvalue weighted by atomic mass is 10.0. The molecule has 0 heteroatoms. The third kappa shape index (κ3) is 0.888. The zero-order chi connectivity index (χ0) is 5.61. The van der Waals surface area contributed by atoms with Crippen molar-refractivity contribution in [3.05, 3.63) is 5.92 Å². The third-order valence-electron chi connectivity index (χ3n) is 2.38. The first-order chi connectivity index (χ1) is 3.79. The van der Waals surface area contributed by atoms with Crippen molar-refractivity contribution in [2.45, 2.75) is 39.0 Å². The van der Waals surface area contributed by atoms with Crippen molar-refractivity contribution < 1.29 is 0 Å². The predicted octanol–water partition coefficient (Wildman–Crippen LogP) is 2.54. The van der Waals surface area contributed by atoms with Gasteiger partial charge in [-0.15, -0.1) is 0 Å². The lowest BCUT2D eigenvalue weighted by molar-refractivity contribution is 0.555. The summed E-state index contributed by atoms with van der Waals surface area (Å²) in [6.45, 7) is 2.42. The Morgan fingerprint density at radius 1 is 1.38 bits per heavy atom. The fourth-order valence-electron chi connectivity index (χ4n) is 1.26. The minimum Gasteiger partial charge on any atom is -0.0596 e. The lowest BCUT2D eigenvalue weighted by Crippen LogP contribution is -1.91. The molecule has 2 aliphatic carbocycles. The largest absolute Gasteiger partial charge is 0.0596 e. The molecule has 45 valence electrons. The molecule has 2 aliphatic rings. The SMILES string of the molecule is CC1(C[C]2CC2)CC1. The van der Waals surface area contributed by atoms with Crippen LogP contribution in [-0.4, -0.2) is 0 Å². The van der Waals surface area contributed by atoms with Crippen LogP contribution in [0.4, 0.5) is 0 Å². The van der Waals surface area contributed by atoms with Gasteiger partial charge in [0.1, 0.15) is 0 Å². The van der Waals surface area contributed by atoms with Crippen LogP contribution < -0.4 is 0 Å². The van der Waals surface area contributed by atoms with E-state index in [0.29, 0.717) is 0 Å². The minimum atomic E-state index is 0.797. The molecule has 0 saturated heterocycles. The Bertz CT molecular complexity index is 96.6. The van der Waals surface area contributed by atoms with E-state index in [2.05, 4.69) is 6.92 Å². The summed E-state index contributed by atoms with van der Waals surface area (Å²) in [5.74, 6) is 1.84. The average Bonchev–Trinajstić information content (AvgIpc) is 2.49. The van der Waals surface area contributed by atoms with Gasteiger partial charge in [0, 0.05) is 0 Å². The maximum Gasteiger partial charge on any atom is -0.0235 e. The van der Waals surface area contributed by atoms with E-state index in [9.17, 15) is 0 Å². The van der Waals surface area contributed by atoms with Gasteiger partial charge in [-0.1, -0.05) is 6.92 Å². The fourth-order valence-corrected chi connectivity index (χ4v) is 1.26. The molecule has 0 spiro atoms. The lowest BCUT2D eigenvalue weighted by Gasteiger charge is -2.02. The van der Waals surface area contributed by atoms with Gasteiger partial charge in [0.2, 0.25) is 0 Å².